The van der Waals surface area contributed by atoms with Crippen LogP contribution in [0.5, 0.6) is 0 Å². The summed E-state index contributed by atoms with van der Waals surface area (Å²) in [7, 11) is -2.08. The molecule has 1 aromatic carbocycles. The Morgan fingerprint density at radius 3 is 2.43 bits per heavy atom. The van der Waals surface area contributed by atoms with Crippen LogP contribution in [-0.2, 0) is 27.8 Å². The third kappa shape index (κ3) is 5.12. The highest BCUT2D eigenvalue weighted by molar-refractivity contribution is 7.89. The minimum absolute atomic E-state index is 0.0369. The molecule has 188 valence electrons. The molecule has 0 saturated carbocycles. The summed E-state index contributed by atoms with van der Waals surface area (Å²) in [6.45, 7) is 5.47. The van der Waals surface area contributed by atoms with Crippen molar-refractivity contribution < 1.29 is 22.8 Å². The largest absolute Gasteiger partial charge is 0.355 e. The van der Waals surface area contributed by atoms with E-state index in [4.69, 9.17) is 0 Å². The van der Waals surface area contributed by atoms with Crippen LogP contribution in [0.1, 0.15) is 57.8 Å². The maximum atomic E-state index is 13.0. The number of carbonyl (C=O) groups excluding carboxylic acids is 3. The molecule has 1 unspecified atom stereocenters. The first-order valence-corrected chi connectivity index (χ1v) is 13.9. The van der Waals surface area contributed by atoms with Crippen molar-refractivity contribution in [2.24, 2.45) is 5.92 Å². The van der Waals surface area contributed by atoms with Gasteiger partial charge in [-0.05, 0) is 55.0 Å². The van der Waals surface area contributed by atoms with Gasteiger partial charge in [0, 0.05) is 44.0 Å². The van der Waals surface area contributed by atoms with Crippen molar-refractivity contribution >= 4 is 44.1 Å². The fourth-order valence-corrected chi connectivity index (χ4v) is 7.45. The van der Waals surface area contributed by atoms with E-state index < -0.39 is 15.9 Å². The molecule has 35 heavy (non-hydrogen) atoms. The molecule has 1 atom stereocenters. The van der Waals surface area contributed by atoms with Gasteiger partial charge in [-0.1, -0.05) is 6.92 Å². The molecule has 11 heteroatoms. The number of nitrogens with one attached hydrogen (secondary N) is 2. The van der Waals surface area contributed by atoms with Gasteiger partial charge in [-0.15, -0.1) is 11.3 Å². The van der Waals surface area contributed by atoms with E-state index in [1.807, 2.05) is 6.92 Å². The van der Waals surface area contributed by atoms with Crippen molar-refractivity contribution in [3.05, 3.63) is 45.8 Å². The van der Waals surface area contributed by atoms with Gasteiger partial charge < -0.3 is 15.5 Å². The molecule has 1 aromatic heterocycles. The van der Waals surface area contributed by atoms with Gasteiger partial charge in [-0.2, -0.15) is 4.31 Å². The number of benzene rings is 1. The molecular weight excluding hydrogens is 488 g/mol. The summed E-state index contributed by atoms with van der Waals surface area (Å²) in [5.74, 6) is -0.457. The number of amides is 3. The second-order valence-electron chi connectivity index (χ2n) is 9.07. The molecule has 4 rings (SSSR count). The summed E-state index contributed by atoms with van der Waals surface area (Å²) >= 11 is 1.29. The van der Waals surface area contributed by atoms with Gasteiger partial charge in [0.25, 0.3) is 11.8 Å². The van der Waals surface area contributed by atoms with Crippen LogP contribution in [0.15, 0.2) is 29.2 Å². The number of nitrogens with zero attached hydrogens (tertiary/aromatic N) is 2. The lowest BCUT2D eigenvalue weighted by molar-refractivity contribution is -0.129. The minimum atomic E-state index is -3.61. The summed E-state index contributed by atoms with van der Waals surface area (Å²) in [5, 5.41) is 5.87. The van der Waals surface area contributed by atoms with Crippen molar-refractivity contribution in [1.82, 2.24) is 14.5 Å². The van der Waals surface area contributed by atoms with E-state index in [9.17, 15) is 22.8 Å². The molecule has 0 bridgehead atoms. The highest BCUT2D eigenvalue weighted by Crippen LogP contribution is 2.37. The molecule has 0 aliphatic carbocycles. The fraction of sp³-hybridized carbons (Fsp3) is 0.458. The Balaban J connectivity index is 1.55. The molecule has 2 N–H and O–H groups in total. The summed E-state index contributed by atoms with van der Waals surface area (Å²) in [6, 6.07) is 5.88. The van der Waals surface area contributed by atoms with Crippen LogP contribution < -0.4 is 10.6 Å². The first-order valence-electron chi connectivity index (χ1n) is 11.7. The number of rotatable bonds is 5. The fourth-order valence-electron chi connectivity index (χ4n) is 4.59. The van der Waals surface area contributed by atoms with E-state index in [0.29, 0.717) is 49.1 Å². The summed E-state index contributed by atoms with van der Waals surface area (Å²) < 4.78 is 27.5. The van der Waals surface area contributed by atoms with Gasteiger partial charge in [0.15, 0.2) is 0 Å². The Hall–Kier alpha value is -2.76. The zero-order valence-corrected chi connectivity index (χ0v) is 21.7. The number of hydrogen-bond acceptors (Lipinski definition) is 6. The molecule has 3 amide bonds. The molecule has 2 aliphatic rings. The first kappa shape index (κ1) is 25.3. The Morgan fingerprint density at radius 1 is 1.09 bits per heavy atom. The zero-order chi connectivity index (χ0) is 25.3. The second-order valence-corrected chi connectivity index (χ2v) is 12.1. The van der Waals surface area contributed by atoms with Gasteiger partial charge >= 0.3 is 0 Å². The first-order chi connectivity index (χ1) is 16.6. The number of anilines is 1. The van der Waals surface area contributed by atoms with Crippen LogP contribution in [-0.4, -0.2) is 62.0 Å². The Bertz CT molecular complexity index is 1250. The predicted octanol–water partition coefficient (Wildman–Crippen LogP) is 2.69. The lowest BCUT2D eigenvalue weighted by Gasteiger charge is -2.30. The van der Waals surface area contributed by atoms with Crippen LogP contribution in [0.3, 0.4) is 0 Å². The normalized spacial score (nSPS) is 18.6. The monoisotopic (exact) mass is 518 g/mol. The summed E-state index contributed by atoms with van der Waals surface area (Å²) in [5.41, 5.74) is 1.55. The van der Waals surface area contributed by atoms with Crippen molar-refractivity contribution in [3.8, 4) is 0 Å². The minimum Gasteiger partial charge on any atom is -0.355 e. The van der Waals surface area contributed by atoms with E-state index in [1.165, 1.54) is 53.9 Å². The standard InChI is InChI=1S/C24H30N4O5S2/c1-15-5-4-11-28(13-15)35(32,33)18-8-6-17(7-9-18)22(30)26-24-21(23(31)25-3)19-10-12-27(16(2)29)14-20(19)34-24/h6-9,15H,4-5,10-14H2,1-3H3,(H,25,31)(H,26,30). The number of carbonyl (C=O) groups is 3. The lowest BCUT2D eigenvalue weighted by Crippen LogP contribution is -2.39. The van der Waals surface area contributed by atoms with Gasteiger partial charge in [-0.25, -0.2) is 8.42 Å². The average molecular weight is 519 g/mol. The predicted molar refractivity (Wildman–Crippen MR) is 134 cm³/mol. The van der Waals surface area contributed by atoms with Gasteiger partial charge in [0.2, 0.25) is 15.9 Å². The highest BCUT2D eigenvalue weighted by Gasteiger charge is 2.30. The maximum Gasteiger partial charge on any atom is 0.256 e. The van der Waals surface area contributed by atoms with Crippen LogP contribution in [0.4, 0.5) is 5.00 Å². The maximum absolute atomic E-state index is 13.0. The van der Waals surface area contributed by atoms with Crippen LogP contribution in [0, 0.1) is 5.92 Å². The summed E-state index contributed by atoms with van der Waals surface area (Å²) in [4.78, 5) is 40.2. The lowest BCUT2D eigenvalue weighted by atomic mass is 10.0. The molecule has 0 spiro atoms. The van der Waals surface area contributed by atoms with Crippen molar-refractivity contribution in [1.29, 1.82) is 0 Å². The van der Waals surface area contributed by atoms with Crippen molar-refractivity contribution in [3.63, 3.8) is 0 Å². The number of hydrogen-bond donors (Lipinski definition) is 2. The van der Waals surface area contributed by atoms with Crippen LogP contribution >= 0.6 is 11.3 Å². The smallest absolute Gasteiger partial charge is 0.256 e. The third-order valence-electron chi connectivity index (χ3n) is 6.56. The van der Waals surface area contributed by atoms with Crippen molar-refractivity contribution in [2.75, 3.05) is 32.0 Å². The third-order valence-corrected chi connectivity index (χ3v) is 9.57. The Labute approximate surface area is 209 Å². The molecule has 9 nitrogen and oxygen atoms in total. The molecule has 2 aliphatic heterocycles. The second kappa shape index (κ2) is 10.1. The van der Waals surface area contributed by atoms with Gasteiger partial charge in [0.05, 0.1) is 17.0 Å². The summed E-state index contributed by atoms with van der Waals surface area (Å²) in [6.07, 6.45) is 2.39. The number of sulfonamides is 1. The highest BCUT2D eigenvalue weighted by atomic mass is 32.2. The van der Waals surface area contributed by atoms with E-state index in [0.717, 1.165) is 23.3 Å². The topological polar surface area (TPSA) is 116 Å². The molecule has 3 heterocycles. The van der Waals surface area contributed by atoms with E-state index >= 15 is 0 Å². The van der Waals surface area contributed by atoms with E-state index in [2.05, 4.69) is 10.6 Å². The zero-order valence-electron chi connectivity index (χ0n) is 20.1. The van der Waals surface area contributed by atoms with Crippen LogP contribution in [0.2, 0.25) is 0 Å². The van der Waals surface area contributed by atoms with Crippen molar-refractivity contribution in [2.45, 2.75) is 44.6 Å². The molecular formula is C24H30N4O5S2. The van der Waals surface area contributed by atoms with Gasteiger partial charge in [0.1, 0.15) is 5.00 Å². The number of piperidine rings is 1. The molecule has 0 radical (unpaired) electrons. The van der Waals surface area contributed by atoms with Crippen LogP contribution in [0.25, 0.3) is 0 Å². The molecule has 2 aromatic rings. The van der Waals surface area contributed by atoms with E-state index in [-0.39, 0.29) is 22.3 Å². The Morgan fingerprint density at radius 2 is 1.80 bits per heavy atom. The quantitative estimate of drug-likeness (QED) is 0.631. The molecule has 1 fully saturated rings. The SMILES string of the molecule is CNC(=O)c1c(NC(=O)c2ccc(S(=O)(=O)N3CCCC(C)C3)cc2)sc2c1CCN(C(C)=O)C2. The number of fused-ring (bicyclic) bond motifs is 1. The number of thiophene rings is 1. The molecule has 1 saturated heterocycles. The Kier molecular flexibility index (Phi) is 7.30. The van der Waals surface area contributed by atoms with E-state index in [1.54, 1.807) is 4.90 Å². The average Bonchev–Trinajstić information content (AvgIpc) is 3.20. The van der Waals surface area contributed by atoms with Gasteiger partial charge in [-0.3, -0.25) is 14.4 Å².